The minimum Gasteiger partial charge on any atom is -0.465 e. The fraction of sp³-hybridized carbons (Fsp3) is 0.600. The lowest BCUT2D eigenvalue weighted by molar-refractivity contribution is -0.149. The SMILES string of the molecule is CCCCCOC(=O)C1=CC=C(C)C=CC1C(=O)OCCCCC. The van der Waals surface area contributed by atoms with Gasteiger partial charge in [0.25, 0.3) is 0 Å². The van der Waals surface area contributed by atoms with Gasteiger partial charge in [-0.15, -0.1) is 0 Å². The van der Waals surface area contributed by atoms with Crippen LogP contribution in [0.2, 0.25) is 0 Å². The molecule has 0 amide bonds. The summed E-state index contributed by atoms with van der Waals surface area (Å²) in [6.45, 7) is 6.89. The van der Waals surface area contributed by atoms with E-state index in [2.05, 4.69) is 13.8 Å². The molecule has 0 bridgehead atoms. The van der Waals surface area contributed by atoms with Gasteiger partial charge in [-0.1, -0.05) is 69.4 Å². The van der Waals surface area contributed by atoms with E-state index in [1.54, 1.807) is 12.2 Å². The van der Waals surface area contributed by atoms with Crippen LogP contribution >= 0.6 is 0 Å². The molecule has 4 heteroatoms. The van der Waals surface area contributed by atoms with Gasteiger partial charge in [0.15, 0.2) is 0 Å². The second-order valence-electron chi connectivity index (χ2n) is 6.09. The van der Waals surface area contributed by atoms with Crippen LogP contribution < -0.4 is 0 Å². The third kappa shape index (κ3) is 7.16. The van der Waals surface area contributed by atoms with Crippen molar-refractivity contribution >= 4 is 11.9 Å². The van der Waals surface area contributed by atoms with E-state index < -0.39 is 11.9 Å². The third-order valence-electron chi connectivity index (χ3n) is 3.88. The number of hydrogen-bond acceptors (Lipinski definition) is 4. The Balaban J connectivity index is 2.70. The monoisotopic (exact) mass is 334 g/mol. The van der Waals surface area contributed by atoms with Gasteiger partial charge in [-0.05, 0) is 19.8 Å². The van der Waals surface area contributed by atoms with Crippen molar-refractivity contribution in [1.82, 2.24) is 0 Å². The zero-order valence-electron chi connectivity index (χ0n) is 15.2. The van der Waals surface area contributed by atoms with Gasteiger partial charge in [0.05, 0.1) is 18.8 Å². The van der Waals surface area contributed by atoms with Gasteiger partial charge >= 0.3 is 11.9 Å². The number of esters is 2. The largest absolute Gasteiger partial charge is 0.465 e. The van der Waals surface area contributed by atoms with Crippen molar-refractivity contribution in [3.63, 3.8) is 0 Å². The Hall–Kier alpha value is -1.84. The van der Waals surface area contributed by atoms with Crippen molar-refractivity contribution in [3.8, 4) is 0 Å². The molecule has 0 aromatic carbocycles. The highest BCUT2D eigenvalue weighted by Gasteiger charge is 2.28. The smallest absolute Gasteiger partial charge is 0.335 e. The van der Waals surface area contributed by atoms with Gasteiger partial charge in [0.2, 0.25) is 0 Å². The van der Waals surface area contributed by atoms with Crippen LogP contribution in [-0.2, 0) is 19.1 Å². The Bertz CT molecular complexity index is 500. The Kier molecular flexibility index (Phi) is 9.81. The first-order valence-corrected chi connectivity index (χ1v) is 9.00. The van der Waals surface area contributed by atoms with Crippen molar-refractivity contribution in [1.29, 1.82) is 0 Å². The highest BCUT2D eigenvalue weighted by molar-refractivity contribution is 5.97. The molecule has 1 rings (SSSR count). The molecule has 0 aliphatic heterocycles. The van der Waals surface area contributed by atoms with Crippen LogP contribution in [0, 0.1) is 5.92 Å². The molecule has 0 aromatic rings. The highest BCUT2D eigenvalue weighted by atomic mass is 16.5. The van der Waals surface area contributed by atoms with E-state index in [0.29, 0.717) is 18.8 Å². The minimum atomic E-state index is -0.695. The molecular formula is C20H30O4. The van der Waals surface area contributed by atoms with E-state index in [-0.39, 0.29) is 5.97 Å². The second-order valence-corrected chi connectivity index (χ2v) is 6.09. The maximum atomic E-state index is 12.4. The zero-order valence-corrected chi connectivity index (χ0v) is 15.2. The van der Waals surface area contributed by atoms with E-state index in [4.69, 9.17) is 9.47 Å². The lowest BCUT2D eigenvalue weighted by Gasteiger charge is -2.15. The summed E-state index contributed by atoms with van der Waals surface area (Å²) in [5.41, 5.74) is 1.33. The van der Waals surface area contributed by atoms with Gasteiger partial charge < -0.3 is 9.47 Å². The molecule has 0 heterocycles. The molecule has 0 N–H and O–H groups in total. The van der Waals surface area contributed by atoms with Gasteiger partial charge in [-0.2, -0.15) is 0 Å². The first kappa shape index (κ1) is 20.2. The van der Waals surface area contributed by atoms with E-state index in [0.717, 1.165) is 44.1 Å². The molecule has 1 atom stereocenters. The summed E-state index contributed by atoms with van der Waals surface area (Å²) < 4.78 is 10.7. The Labute approximate surface area is 145 Å². The van der Waals surface area contributed by atoms with E-state index in [9.17, 15) is 9.59 Å². The van der Waals surface area contributed by atoms with E-state index in [1.807, 2.05) is 19.1 Å². The number of hydrogen-bond donors (Lipinski definition) is 0. The maximum Gasteiger partial charge on any atom is 0.335 e. The summed E-state index contributed by atoms with van der Waals surface area (Å²) in [6, 6.07) is 0. The van der Waals surface area contributed by atoms with Crippen LogP contribution in [0.5, 0.6) is 0 Å². The molecule has 0 radical (unpaired) electrons. The Morgan fingerprint density at radius 3 is 2.21 bits per heavy atom. The summed E-state index contributed by atoms with van der Waals surface area (Å²) in [5.74, 6) is -1.52. The first-order valence-electron chi connectivity index (χ1n) is 9.00. The number of ether oxygens (including phenoxy) is 2. The topological polar surface area (TPSA) is 52.6 Å². The number of allylic oxidation sites excluding steroid dienone is 4. The van der Waals surface area contributed by atoms with Crippen molar-refractivity contribution in [2.45, 2.75) is 59.3 Å². The van der Waals surface area contributed by atoms with Gasteiger partial charge in [0.1, 0.15) is 5.92 Å². The summed E-state index contributed by atoms with van der Waals surface area (Å²) in [7, 11) is 0. The predicted octanol–water partition coefficient (Wildman–Crippen LogP) is 4.51. The first-order chi connectivity index (χ1) is 11.6. The number of carbonyl (C=O) groups excluding carboxylic acids is 2. The molecular weight excluding hydrogens is 304 g/mol. The fourth-order valence-corrected chi connectivity index (χ4v) is 2.35. The molecule has 0 saturated heterocycles. The van der Waals surface area contributed by atoms with Gasteiger partial charge in [0, 0.05) is 0 Å². The van der Waals surface area contributed by atoms with E-state index in [1.165, 1.54) is 0 Å². The lowest BCUT2D eigenvalue weighted by Crippen LogP contribution is -2.24. The maximum absolute atomic E-state index is 12.4. The molecule has 0 spiro atoms. The van der Waals surface area contributed by atoms with Crippen LogP contribution in [0.25, 0.3) is 0 Å². The molecule has 4 nitrogen and oxygen atoms in total. The van der Waals surface area contributed by atoms with Crippen molar-refractivity contribution in [3.05, 3.63) is 35.5 Å². The fourth-order valence-electron chi connectivity index (χ4n) is 2.35. The van der Waals surface area contributed by atoms with Crippen molar-refractivity contribution < 1.29 is 19.1 Å². The van der Waals surface area contributed by atoms with Crippen LogP contribution in [0.1, 0.15) is 59.3 Å². The average molecular weight is 334 g/mol. The van der Waals surface area contributed by atoms with Crippen molar-refractivity contribution in [2.75, 3.05) is 13.2 Å². The van der Waals surface area contributed by atoms with Crippen LogP contribution in [0.3, 0.4) is 0 Å². The molecule has 1 aliphatic rings. The average Bonchev–Trinajstić information content (AvgIpc) is 2.77. The lowest BCUT2D eigenvalue weighted by atomic mass is 9.99. The summed E-state index contributed by atoms with van der Waals surface area (Å²) in [6.07, 6.45) is 12.9. The van der Waals surface area contributed by atoms with Crippen LogP contribution in [0.15, 0.2) is 35.5 Å². The normalized spacial score (nSPS) is 16.9. The van der Waals surface area contributed by atoms with Gasteiger partial charge in [-0.25, -0.2) is 4.79 Å². The van der Waals surface area contributed by atoms with Crippen LogP contribution in [0.4, 0.5) is 0 Å². The molecule has 1 unspecified atom stereocenters. The van der Waals surface area contributed by atoms with Crippen molar-refractivity contribution in [2.24, 2.45) is 5.92 Å². The Morgan fingerprint density at radius 1 is 0.958 bits per heavy atom. The summed E-state index contributed by atoms with van der Waals surface area (Å²) >= 11 is 0. The predicted molar refractivity (Wildman–Crippen MR) is 95.4 cm³/mol. The van der Waals surface area contributed by atoms with Crippen LogP contribution in [-0.4, -0.2) is 25.2 Å². The Morgan fingerprint density at radius 2 is 1.58 bits per heavy atom. The van der Waals surface area contributed by atoms with Gasteiger partial charge in [-0.3, -0.25) is 4.79 Å². The quantitative estimate of drug-likeness (QED) is 0.435. The highest BCUT2D eigenvalue weighted by Crippen LogP contribution is 2.21. The zero-order chi connectivity index (χ0) is 17.8. The third-order valence-corrected chi connectivity index (χ3v) is 3.88. The minimum absolute atomic E-state index is 0.347. The second kappa shape index (κ2) is 11.7. The molecule has 0 fully saturated rings. The molecule has 24 heavy (non-hydrogen) atoms. The van der Waals surface area contributed by atoms with E-state index >= 15 is 0 Å². The molecule has 0 aromatic heterocycles. The molecule has 0 saturated carbocycles. The standard InChI is InChI=1S/C20H30O4/c1-4-6-8-14-23-19(21)17-12-10-16(3)11-13-18(17)20(22)24-15-9-7-5-2/h10-13,17H,4-9,14-15H2,1-3H3. The number of rotatable bonds is 10. The number of carbonyl (C=O) groups is 2. The number of unbranched alkanes of at least 4 members (excludes halogenated alkanes) is 4. The summed E-state index contributed by atoms with van der Waals surface area (Å²) in [5, 5.41) is 0. The molecule has 1 aliphatic carbocycles. The molecule has 134 valence electrons. The summed E-state index contributed by atoms with van der Waals surface area (Å²) in [4.78, 5) is 24.7.